The first-order chi connectivity index (χ1) is 7.54. The number of hydrogen-bond donors (Lipinski definition) is 1. The fourth-order valence-electron chi connectivity index (χ4n) is 2.28. The van der Waals surface area contributed by atoms with Gasteiger partial charge in [-0.1, -0.05) is 39.0 Å². The van der Waals surface area contributed by atoms with Crippen molar-refractivity contribution in [3.05, 3.63) is 36.1 Å². The van der Waals surface area contributed by atoms with Crippen molar-refractivity contribution in [2.24, 2.45) is 5.41 Å². The summed E-state index contributed by atoms with van der Waals surface area (Å²) in [5, 5.41) is 4.58. The van der Waals surface area contributed by atoms with Crippen molar-refractivity contribution < 1.29 is 4.42 Å². The minimum Gasteiger partial charge on any atom is -0.464 e. The zero-order chi connectivity index (χ0) is 11.8. The number of nitrogens with one attached hydrogen (secondary N) is 1. The van der Waals surface area contributed by atoms with Crippen LogP contribution in [-0.2, 0) is 0 Å². The van der Waals surface area contributed by atoms with Crippen LogP contribution in [0.2, 0.25) is 0 Å². The van der Waals surface area contributed by atoms with E-state index in [0.29, 0.717) is 6.04 Å². The third-order valence-electron chi connectivity index (χ3n) is 2.98. The molecule has 0 fully saturated rings. The van der Waals surface area contributed by atoms with Gasteiger partial charge in [0.2, 0.25) is 0 Å². The molecule has 2 rings (SSSR count). The van der Waals surface area contributed by atoms with Gasteiger partial charge in [0.15, 0.2) is 0 Å². The van der Waals surface area contributed by atoms with Crippen molar-refractivity contribution in [1.29, 1.82) is 0 Å². The van der Waals surface area contributed by atoms with E-state index in [4.69, 9.17) is 4.42 Å². The van der Waals surface area contributed by atoms with E-state index in [2.05, 4.69) is 38.2 Å². The summed E-state index contributed by atoms with van der Waals surface area (Å²) < 4.78 is 5.59. The SMILES string of the molecule is CNC(c1coc2ccccc12)C(C)(C)C. The molecule has 2 heteroatoms. The second-order valence-electron chi connectivity index (χ2n) is 5.27. The van der Waals surface area contributed by atoms with Crippen LogP contribution in [0, 0.1) is 5.41 Å². The maximum Gasteiger partial charge on any atom is 0.134 e. The smallest absolute Gasteiger partial charge is 0.134 e. The van der Waals surface area contributed by atoms with Gasteiger partial charge in [0.1, 0.15) is 5.58 Å². The average Bonchev–Trinajstić information content (AvgIpc) is 2.61. The molecule has 0 spiro atoms. The second kappa shape index (κ2) is 3.95. The van der Waals surface area contributed by atoms with Gasteiger partial charge in [0.05, 0.1) is 6.26 Å². The molecule has 0 aliphatic rings. The quantitative estimate of drug-likeness (QED) is 0.829. The summed E-state index contributed by atoms with van der Waals surface area (Å²) in [6, 6.07) is 8.48. The summed E-state index contributed by atoms with van der Waals surface area (Å²) >= 11 is 0. The molecule has 86 valence electrons. The lowest BCUT2D eigenvalue weighted by Crippen LogP contribution is -2.29. The Balaban J connectivity index is 2.54. The fourth-order valence-corrected chi connectivity index (χ4v) is 2.28. The molecule has 0 radical (unpaired) electrons. The van der Waals surface area contributed by atoms with Gasteiger partial charge >= 0.3 is 0 Å². The Morgan fingerprint density at radius 1 is 1.19 bits per heavy atom. The van der Waals surface area contributed by atoms with E-state index in [-0.39, 0.29) is 5.41 Å². The van der Waals surface area contributed by atoms with Gasteiger partial charge in [-0.15, -0.1) is 0 Å². The summed E-state index contributed by atoms with van der Waals surface area (Å²) in [7, 11) is 2.00. The lowest BCUT2D eigenvalue weighted by atomic mass is 9.82. The molecule has 1 N–H and O–H groups in total. The minimum absolute atomic E-state index is 0.168. The van der Waals surface area contributed by atoms with Crippen LogP contribution in [0.4, 0.5) is 0 Å². The van der Waals surface area contributed by atoms with Gasteiger partial charge in [-0.25, -0.2) is 0 Å². The highest BCUT2D eigenvalue weighted by Gasteiger charge is 2.27. The second-order valence-corrected chi connectivity index (χ2v) is 5.27. The molecule has 1 unspecified atom stereocenters. The summed E-state index contributed by atoms with van der Waals surface area (Å²) in [5.41, 5.74) is 2.37. The van der Waals surface area contributed by atoms with Gasteiger partial charge in [-0.05, 0) is 18.5 Å². The molecule has 0 amide bonds. The molecular weight excluding hydrogens is 198 g/mol. The molecule has 1 aromatic carbocycles. The number of benzene rings is 1. The van der Waals surface area contributed by atoms with Gasteiger partial charge in [0.25, 0.3) is 0 Å². The largest absolute Gasteiger partial charge is 0.464 e. The summed E-state index contributed by atoms with van der Waals surface area (Å²) in [6.45, 7) is 6.70. The molecule has 0 aliphatic carbocycles. The van der Waals surface area contributed by atoms with E-state index >= 15 is 0 Å². The molecule has 1 aromatic heterocycles. The van der Waals surface area contributed by atoms with Crippen LogP contribution in [0.15, 0.2) is 34.9 Å². The normalized spacial score (nSPS) is 14.2. The third kappa shape index (κ3) is 1.85. The van der Waals surface area contributed by atoms with Crippen LogP contribution < -0.4 is 5.32 Å². The Labute approximate surface area is 96.6 Å². The highest BCUT2D eigenvalue weighted by molar-refractivity contribution is 5.81. The molecular formula is C14H19NO. The molecule has 0 saturated heterocycles. The minimum atomic E-state index is 0.168. The van der Waals surface area contributed by atoms with Crippen molar-refractivity contribution >= 4 is 11.0 Å². The number of fused-ring (bicyclic) bond motifs is 1. The molecule has 1 heterocycles. The Bertz CT molecular complexity index is 479. The van der Waals surface area contributed by atoms with E-state index in [1.807, 2.05) is 25.4 Å². The van der Waals surface area contributed by atoms with E-state index in [1.165, 1.54) is 10.9 Å². The molecule has 2 nitrogen and oxygen atoms in total. The van der Waals surface area contributed by atoms with Crippen molar-refractivity contribution in [3.8, 4) is 0 Å². The number of para-hydroxylation sites is 1. The molecule has 1 atom stereocenters. The first kappa shape index (κ1) is 11.2. The van der Waals surface area contributed by atoms with Crippen molar-refractivity contribution in [1.82, 2.24) is 5.32 Å². The first-order valence-electron chi connectivity index (χ1n) is 5.67. The van der Waals surface area contributed by atoms with Gasteiger partial charge in [-0.2, -0.15) is 0 Å². The molecule has 0 aliphatic heterocycles. The Morgan fingerprint density at radius 3 is 2.50 bits per heavy atom. The van der Waals surface area contributed by atoms with E-state index in [9.17, 15) is 0 Å². The Hall–Kier alpha value is -1.28. The van der Waals surface area contributed by atoms with Crippen molar-refractivity contribution in [2.75, 3.05) is 7.05 Å². The molecule has 0 bridgehead atoms. The molecule has 0 saturated carbocycles. The number of hydrogen-bond acceptors (Lipinski definition) is 2. The number of furan rings is 1. The maximum atomic E-state index is 5.59. The number of rotatable bonds is 2. The standard InChI is InChI=1S/C14H19NO/c1-14(2,3)13(15-4)11-9-16-12-8-6-5-7-10(11)12/h5-9,13,15H,1-4H3. The van der Waals surface area contributed by atoms with E-state index < -0.39 is 0 Å². The van der Waals surface area contributed by atoms with Crippen LogP contribution in [0.25, 0.3) is 11.0 Å². The Kier molecular flexibility index (Phi) is 2.76. The highest BCUT2D eigenvalue weighted by atomic mass is 16.3. The monoisotopic (exact) mass is 217 g/mol. The van der Waals surface area contributed by atoms with Gasteiger partial charge < -0.3 is 9.73 Å². The zero-order valence-electron chi connectivity index (χ0n) is 10.4. The summed E-state index contributed by atoms with van der Waals surface area (Å²) in [6.07, 6.45) is 1.87. The summed E-state index contributed by atoms with van der Waals surface area (Å²) in [4.78, 5) is 0. The lowest BCUT2D eigenvalue weighted by molar-refractivity contribution is 0.287. The first-order valence-corrected chi connectivity index (χ1v) is 5.67. The average molecular weight is 217 g/mol. The highest BCUT2D eigenvalue weighted by Crippen LogP contribution is 2.36. The van der Waals surface area contributed by atoms with Gasteiger partial charge in [-0.3, -0.25) is 0 Å². The van der Waals surface area contributed by atoms with Crippen LogP contribution in [0.5, 0.6) is 0 Å². The van der Waals surface area contributed by atoms with Crippen LogP contribution >= 0.6 is 0 Å². The van der Waals surface area contributed by atoms with E-state index in [0.717, 1.165) is 5.58 Å². The van der Waals surface area contributed by atoms with Crippen molar-refractivity contribution in [3.63, 3.8) is 0 Å². The fraction of sp³-hybridized carbons (Fsp3) is 0.429. The molecule has 2 aromatic rings. The topological polar surface area (TPSA) is 25.2 Å². The third-order valence-corrected chi connectivity index (χ3v) is 2.98. The lowest BCUT2D eigenvalue weighted by Gasteiger charge is -2.29. The Morgan fingerprint density at radius 2 is 1.88 bits per heavy atom. The van der Waals surface area contributed by atoms with E-state index in [1.54, 1.807) is 0 Å². The molecule has 16 heavy (non-hydrogen) atoms. The predicted octanol–water partition coefficient (Wildman–Crippen LogP) is 3.74. The van der Waals surface area contributed by atoms with Crippen LogP contribution in [-0.4, -0.2) is 7.05 Å². The van der Waals surface area contributed by atoms with Crippen molar-refractivity contribution in [2.45, 2.75) is 26.8 Å². The predicted molar refractivity (Wildman–Crippen MR) is 67.5 cm³/mol. The van der Waals surface area contributed by atoms with Crippen LogP contribution in [0.3, 0.4) is 0 Å². The van der Waals surface area contributed by atoms with Gasteiger partial charge in [0, 0.05) is 17.0 Å². The summed E-state index contributed by atoms with van der Waals surface area (Å²) in [5.74, 6) is 0. The maximum absolute atomic E-state index is 5.59. The van der Waals surface area contributed by atoms with Crippen LogP contribution in [0.1, 0.15) is 32.4 Å². The zero-order valence-corrected chi connectivity index (χ0v) is 10.4.